The number of sulfonamides is 1. The predicted molar refractivity (Wildman–Crippen MR) is 124 cm³/mol. The molecule has 0 fully saturated rings. The van der Waals surface area contributed by atoms with E-state index in [1.165, 1.54) is 4.31 Å². The van der Waals surface area contributed by atoms with Crippen LogP contribution in [0.25, 0.3) is 0 Å². The van der Waals surface area contributed by atoms with Gasteiger partial charge in [0.15, 0.2) is 0 Å². The van der Waals surface area contributed by atoms with Gasteiger partial charge < -0.3 is 9.26 Å². The second-order valence-corrected chi connectivity index (χ2v) is 10.1. The van der Waals surface area contributed by atoms with Gasteiger partial charge in [-0.05, 0) is 69.0 Å². The maximum Gasteiger partial charge on any atom is 0.265 e. The summed E-state index contributed by atoms with van der Waals surface area (Å²) in [5.74, 6) is 1.92. The summed E-state index contributed by atoms with van der Waals surface area (Å²) in [5.41, 5.74) is 3.36. The van der Waals surface area contributed by atoms with E-state index in [0.717, 1.165) is 22.5 Å². The summed E-state index contributed by atoms with van der Waals surface area (Å²) in [6.45, 7) is 12.2. The number of benzene rings is 1. The molecule has 0 saturated carbocycles. The lowest BCUT2D eigenvalue weighted by atomic mass is 10.1. The van der Waals surface area contributed by atoms with Crippen molar-refractivity contribution in [1.29, 1.82) is 0 Å². The van der Waals surface area contributed by atoms with E-state index in [-0.39, 0.29) is 10.8 Å². The molecule has 172 valence electrons. The second-order valence-electron chi connectivity index (χ2n) is 8.28. The summed E-state index contributed by atoms with van der Waals surface area (Å²) in [6.07, 6.45) is 0.696. The first-order valence-corrected chi connectivity index (χ1v) is 12.2. The van der Waals surface area contributed by atoms with Gasteiger partial charge in [0.2, 0.25) is 0 Å². The van der Waals surface area contributed by atoms with Crippen molar-refractivity contribution >= 4 is 15.8 Å². The Morgan fingerprint density at radius 2 is 1.75 bits per heavy atom. The fraction of sp³-hybridized carbons (Fsp3) is 0.417. The van der Waals surface area contributed by atoms with Crippen molar-refractivity contribution in [3.8, 4) is 5.75 Å². The lowest BCUT2D eigenvalue weighted by Gasteiger charge is -2.27. The van der Waals surface area contributed by atoms with E-state index in [4.69, 9.17) is 9.26 Å². The number of anilines is 1. The topological polar surface area (TPSA) is 85.5 Å². The molecule has 0 N–H and O–H groups in total. The molecule has 3 rings (SSSR count). The number of rotatable bonds is 9. The Morgan fingerprint density at radius 3 is 2.31 bits per heavy atom. The highest BCUT2D eigenvalue weighted by atomic mass is 32.2. The SMILES string of the molecule is CCc1ccc(C)nc1N(CC(C)C)S(=O)(=O)c1ccc(OCc2c(C)noc2C)cc1. The first kappa shape index (κ1) is 23.8. The van der Waals surface area contributed by atoms with Crippen LogP contribution in [0.3, 0.4) is 0 Å². The molecule has 0 radical (unpaired) electrons. The molecule has 0 aliphatic heterocycles. The van der Waals surface area contributed by atoms with E-state index in [0.29, 0.717) is 36.9 Å². The molecule has 0 spiro atoms. The van der Waals surface area contributed by atoms with E-state index in [9.17, 15) is 8.42 Å². The minimum absolute atomic E-state index is 0.134. The van der Waals surface area contributed by atoms with Crippen molar-refractivity contribution in [1.82, 2.24) is 10.1 Å². The Morgan fingerprint density at radius 1 is 1.06 bits per heavy atom. The van der Waals surface area contributed by atoms with Crippen LogP contribution in [0.5, 0.6) is 5.75 Å². The van der Waals surface area contributed by atoms with Gasteiger partial charge in [-0.3, -0.25) is 0 Å². The third-order valence-corrected chi connectivity index (χ3v) is 6.99. The molecule has 1 aromatic carbocycles. The molecule has 7 nitrogen and oxygen atoms in total. The largest absolute Gasteiger partial charge is 0.489 e. The van der Waals surface area contributed by atoms with Crippen molar-refractivity contribution < 1.29 is 17.7 Å². The minimum atomic E-state index is -3.80. The van der Waals surface area contributed by atoms with Gasteiger partial charge in [0.25, 0.3) is 10.0 Å². The fourth-order valence-electron chi connectivity index (χ4n) is 3.39. The van der Waals surface area contributed by atoms with Crippen molar-refractivity contribution in [2.75, 3.05) is 10.8 Å². The van der Waals surface area contributed by atoms with Gasteiger partial charge in [-0.1, -0.05) is 32.0 Å². The number of pyridine rings is 1. The third kappa shape index (κ3) is 5.12. The molecule has 3 aromatic rings. The quantitative estimate of drug-likeness (QED) is 0.450. The van der Waals surface area contributed by atoms with E-state index >= 15 is 0 Å². The smallest absolute Gasteiger partial charge is 0.265 e. The van der Waals surface area contributed by atoms with Crippen LogP contribution in [0.15, 0.2) is 45.8 Å². The van der Waals surface area contributed by atoms with E-state index in [1.807, 2.05) is 53.7 Å². The van der Waals surface area contributed by atoms with Crippen molar-refractivity contribution in [3.05, 3.63) is 64.7 Å². The lowest BCUT2D eigenvalue weighted by Crippen LogP contribution is -2.35. The molecule has 8 heteroatoms. The monoisotopic (exact) mass is 457 g/mol. The zero-order chi connectivity index (χ0) is 23.5. The van der Waals surface area contributed by atoms with Gasteiger partial charge in [0.1, 0.15) is 23.9 Å². The molecule has 0 atom stereocenters. The number of hydrogen-bond donors (Lipinski definition) is 0. The lowest BCUT2D eigenvalue weighted by molar-refractivity contribution is 0.301. The molecular weight excluding hydrogens is 426 g/mol. The van der Waals surface area contributed by atoms with Gasteiger partial charge in [-0.15, -0.1) is 0 Å². The van der Waals surface area contributed by atoms with Crippen LogP contribution in [0.4, 0.5) is 5.82 Å². The average molecular weight is 458 g/mol. The summed E-state index contributed by atoms with van der Waals surface area (Å²) in [7, 11) is -3.80. The summed E-state index contributed by atoms with van der Waals surface area (Å²) >= 11 is 0. The average Bonchev–Trinajstić information content (AvgIpc) is 3.08. The second kappa shape index (κ2) is 9.73. The Kier molecular flexibility index (Phi) is 7.23. The highest BCUT2D eigenvalue weighted by molar-refractivity contribution is 7.92. The van der Waals surface area contributed by atoms with Gasteiger partial charge in [0.05, 0.1) is 16.2 Å². The zero-order valence-corrected chi connectivity index (χ0v) is 20.4. The first-order valence-electron chi connectivity index (χ1n) is 10.8. The van der Waals surface area contributed by atoms with Crippen LogP contribution >= 0.6 is 0 Å². The van der Waals surface area contributed by atoms with Gasteiger partial charge in [-0.25, -0.2) is 17.7 Å². The van der Waals surface area contributed by atoms with Crippen LogP contribution in [-0.2, 0) is 23.1 Å². The third-order valence-electron chi connectivity index (χ3n) is 5.22. The normalized spacial score (nSPS) is 11.7. The summed E-state index contributed by atoms with van der Waals surface area (Å²) in [5, 5.41) is 3.92. The molecule has 0 bridgehead atoms. The Bertz CT molecular complexity index is 1150. The van der Waals surface area contributed by atoms with Gasteiger partial charge in [-0.2, -0.15) is 0 Å². The summed E-state index contributed by atoms with van der Waals surface area (Å²) < 4.78 is 39.6. The summed E-state index contributed by atoms with van der Waals surface area (Å²) in [6, 6.07) is 10.4. The number of hydrogen-bond acceptors (Lipinski definition) is 6. The maximum absolute atomic E-state index is 13.6. The molecule has 2 aromatic heterocycles. The van der Waals surface area contributed by atoms with Crippen molar-refractivity contribution in [2.45, 2.75) is 59.5 Å². The van der Waals surface area contributed by atoms with Crippen LogP contribution in [0.1, 0.15) is 49.0 Å². The molecule has 2 heterocycles. The molecular formula is C24H31N3O4S. The van der Waals surface area contributed by atoms with Crippen LogP contribution in [0, 0.1) is 26.7 Å². The molecule has 0 unspecified atom stereocenters. The Balaban J connectivity index is 1.89. The Hall–Kier alpha value is -2.87. The van der Waals surface area contributed by atoms with Crippen LogP contribution < -0.4 is 9.04 Å². The number of aryl methyl sites for hydroxylation is 4. The Labute approximate surface area is 190 Å². The fourth-order valence-corrected chi connectivity index (χ4v) is 5.01. The van der Waals surface area contributed by atoms with E-state index < -0.39 is 10.0 Å². The van der Waals surface area contributed by atoms with Crippen LogP contribution in [-0.4, -0.2) is 25.1 Å². The van der Waals surface area contributed by atoms with E-state index in [1.54, 1.807) is 24.3 Å². The van der Waals surface area contributed by atoms with Gasteiger partial charge in [0, 0.05) is 12.2 Å². The van der Waals surface area contributed by atoms with Crippen LogP contribution in [0.2, 0.25) is 0 Å². The molecule has 0 aliphatic carbocycles. The summed E-state index contributed by atoms with van der Waals surface area (Å²) in [4.78, 5) is 4.79. The van der Waals surface area contributed by atoms with Crippen molar-refractivity contribution in [2.24, 2.45) is 5.92 Å². The zero-order valence-electron chi connectivity index (χ0n) is 19.5. The highest BCUT2D eigenvalue weighted by Crippen LogP contribution is 2.28. The standard InChI is InChI=1S/C24H31N3O4S/c1-7-20-9-8-17(4)25-24(20)27(14-16(2)3)32(28,29)22-12-10-21(11-13-22)30-15-23-18(5)26-31-19(23)6/h8-13,16H,7,14-15H2,1-6H3. The maximum atomic E-state index is 13.6. The number of nitrogens with zero attached hydrogens (tertiary/aromatic N) is 3. The molecule has 0 aliphatic rings. The van der Waals surface area contributed by atoms with Crippen molar-refractivity contribution in [3.63, 3.8) is 0 Å². The van der Waals surface area contributed by atoms with Gasteiger partial charge >= 0.3 is 0 Å². The molecule has 32 heavy (non-hydrogen) atoms. The van der Waals surface area contributed by atoms with E-state index in [2.05, 4.69) is 10.1 Å². The molecule has 0 saturated heterocycles. The number of aromatic nitrogens is 2. The minimum Gasteiger partial charge on any atom is -0.489 e. The highest BCUT2D eigenvalue weighted by Gasteiger charge is 2.28. The predicted octanol–water partition coefficient (Wildman–Crippen LogP) is 4.99. The number of ether oxygens (including phenoxy) is 1. The molecule has 0 amide bonds. The first-order chi connectivity index (χ1) is 15.1.